The molecule has 1 saturated heterocycles. The van der Waals surface area contributed by atoms with Crippen molar-refractivity contribution >= 4 is 34.9 Å². The summed E-state index contributed by atoms with van der Waals surface area (Å²) in [7, 11) is 1.86. The Morgan fingerprint density at radius 3 is 2.58 bits per heavy atom. The highest BCUT2D eigenvalue weighted by atomic mass is 35.5. The number of aromatic nitrogens is 1. The zero-order valence-corrected chi connectivity index (χ0v) is 22.4. The van der Waals surface area contributed by atoms with Crippen molar-refractivity contribution in [2.75, 3.05) is 49.6 Å². The van der Waals surface area contributed by atoms with Crippen LogP contribution < -0.4 is 14.5 Å². The first-order valence-corrected chi connectivity index (χ1v) is 13.2. The number of carbonyl (C=O) groups is 2. The topological polar surface area (TPSA) is 66.0 Å². The Balaban J connectivity index is 1.18. The quantitative estimate of drug-likeness (QED) is 0.594. The zero-order chi connectivity index (χ0) is 25.7. The molecule has 0 unspecified atom stereocenters. The number of pyridine rings is 1. The third kappa shape index (κ3) is 4.59. The molecule has 1 spiro atoms. The van der Waals surface area contributed by atoms with Crippen molar-refractivity contribution in [1.82, 2.24) is 9.88 Å². The van der Waals surface area contributed by atoms with Crippen LogP contribution in [0, 0.1) is 5.41 Å². The van der Waals surface area contributed by atoms with E-state index in [0.29, 0.717) is 31.0 Å². The summed E-state index contributed by atoms with van der Waals surface area (Å²) < 4.78 is 6.06. The molecule has 36 heavy (non-hydrogen) atoms. The number of carbonyl (C=O) groups excluding carboxylic acids is 2. The number of hydrogen-bond donors (Lipinski definition) is 0. The number of halogens is 1. The molecule has 0 atom stereocenters. The van der Waals surface area contributed by atoms with Crippen molar-refractivity contribution in [1.29, 1.82) is 0 Å². The Bertz CT molecular complexity index is 1180. The Kier molecular flexibility index (Phi) is 6.50. The van der Waals surface area contributed by atoms with Gasteiger partial charge in [-0.15, -0.1) is 0 Å². The second-order valence-corrected chi connectivity index (χ2v) is 11.9. The van der Waals surface area contributed by atoms with Gasteiger partial charge >= 0.3 is 0 Å². The molecular weight excluding hydrogens is 476 g/mol. The molecule has 4 heterocycles. The van der Waals surface area contributed by atoms with Crippen LogP contribution in [0.1, 0.15) is 51.2 Å². The number of benzene rings is 1. The molecule has 0 saturated carbocycles. The van der Waals surface area contributed by atoms with Crippen molar-refractivity contribution in [2.24, 2.45) is 5.41 Å². The van der Waals surface area contributed by atoms with Crippen LogP contribution in [0.4, 0.5) is 11.5 Å². The summed E-state index contributed by atoms with van der Waals surface area (Å²) in [5.74, 6) is 1.82. The van der Waals surface area contributed by atoms with Gasteiger partial charge in [-0.05, 0) is 73.2 Å². The van der Waals surface area contributed by atoms with Gasteiger partial charge in [-0.2, -0.15) is 0 Å². The number of amides is 2. The van der Waals surface area contributed by atoms with Crippen LogP contribution in [-0.2, 0) is 21.4 Å². The van der Waals surface area contributed by atoms with E-state index in [1.54, 1.807) is 11.1 Å². The summed E-state index contributed by atoms with van der Waals surface area (Å²) in [5.41, 5.74) is 2.64. The molecule has 8 heteroatoms. The summed E-state index contributed by atoms with van der Waals surface area (Å²) in [6.07, 6.45) is 4.49. The lowest BCUT2D eigenvalue weighted by Gasteiger charge is -2.38. The van der Waals surface area contributed by atoms with Gasteiger partial charge in [-0.25, -0.2) is 4.98 Å². The van der Waals surface area contributed by atoms with Gasteiger partial charge in [0.1, 0.15) is 18.2 Å². The number of hydrogen-bond acceptors (Lipinski definition) is 5. The van der Waals surface area contributed by atoms with Crippen molar-refractivity contribution in [3.8, 4) is 5.75 Å². The lowest BCUT2D eigenvalue weighted by atomic mass is 9.73. The maximum absolute atomic E-state index is 13.2. The smallest absolute Gasteiger partial charge is 0.237 e. The molecule has 0 radical (unpaired) electrons. The van der Waals surface area contributed by atoms with Crippen molar-refractivity contribution < 1.29 is 14.3 Å². The first-order valence-electron chi connectivity index (χ1n) is 12.8. The number of aryl methyl sites for hydroxylation is 1. The molecule has 1 aromatic heterocycles. The number of likely N-dealkylation sites (N-methyl/N-ethyl adjacent to an activating group) is 1. The van der Waals surface area contributed by atoms with Gasteiger partial charge in [0.05, 0.1) is 11.6 Å². The Hall–Kier alpha value is -2.64. The van der Waals surface area contributed by atoms with Crippen LogP contribution in [0.15, 0.2) is 30.5 Å². The Morgan fingerprint density at radius 1 is 1.11 bits per heavy atom. The summed E-state index contributed by atoms with van der Waals surface area (Å²) >= 11 is 6.28. The summed E-state index contributed by atoms with van der Waals surface area (Å²) in [6, 6.07) is 7.81. The average Bonchev–Trinajstić information content (AvgIpc) is 3.03. The van der Waals surface area contributed by atoms with Crippen LogP contribution in [0.2, 0.25) is 5.02 Å². The van der Waals surface area contributed by atoms with Crippen molar-refractivity contribution in [3.63, 3.8) is 0 Å². The van der Waals surface area contributed by atoms with Crippen LogP contribution in [0.5, 0.6) is 5.75 Å². The van der Waals surface area contributed by atoms with E-state index < -0.39 is 5.41 Å². The minimum atomic E-state index is -0.467. The Morgan fingerprint density at radius 2 is 1.86 bits per heavy atom. The van der Waals surface area contributed by atoms with E-state index in [1.807, 2.05) is 36.2 Å². The molecule has 2 amide bonds. The molecule has 5 rings (SSSR count). The van der Waals surface area contributed by atoms with Crippen molar-refractivity contribution in [2.45, 2.75) is 51.9 Å². The number of anilines is 2. The number of nitrogens with zero attached hydrogens (tertiary/aromatic N) is 4. The van der Waals surface area contributed by atoms with E-state index in [2.05, 4.69) is 30.7 Å². The molecule has 1 aromatic carbocycles. The maximum Gasteiger partial charge on any atom is 0.237 e. The molecular formula is C28H35ClN4O3. The molecule has 0 aliphatic carbocycles. The molecule has 0 bridgehead atoms. The summed E-state index contributed by atoms with van der Waals surface area (Å²) in [5, 5.41) is 0.677. The van der Waals surface area contributed by atoms with E-state index in [4.69, 9.17) is 16.3 Å². The first kappa shape index (κ1) is 25.0. The SMILES string of the molecule is CN1C(=O)C2(CCN(CCOc3cnc4c(c3)CCC(=O)N4CC(C)(C)C)CC2)c2cc(Cl)ccc21. The normalized spacial score (nSPS) is 19.6. The second kappa shape index (κ2) is 9.34. The highest BCUT2D eigenvalue weighted by Crippen LogP contribution is 2.48. The Labute approximate surface area is 218 Å². The number of fused-ring (bicyclic) bond motifs is 3. The standard InChI is InChI=1S/C28H35ClN4O3/c1-27(2,3)18-33-24(34)8-5-19-15-21(17-30-25(19)33)36-14-13-32-11-9-28(10-12-32)22-16-20(29)6-7-23(22)31(4)26(28)35/h6-7,15-17H,5,8-14,18H2,1-4H3. The predicted octanol–water partition coefficient (Wildman–Crippen LogP) is 4.45. The first-order chi connectivity index (χ1) is 17.1. The monoisotopic (exact) mass is 510 g/mol. The predicted molar refractivity (Wildman–Crippen MR) is 142 cm³/mol. The van der Waals surface area contributed by atoms with Gasteiger partial charge in [0.15, 0.2) is 0 Å². The van der Waals surface area contributed by atoms with Gasteiger partial charge in [-0.1, -0.05) is 32.4 Å². The van der Waals surface area contributed by atoms with Gasteiger partial charge in [0.25, 0.3) is 0 Å². The minimum Gasteiger partial charge on any atom is -0.491 e. The second-order valence-electron chi connectivity index (χ2n) is 11.5. The van der Waals surface area contributed by atoms with Crippen LogP contribution in [0.3, 0.4) is 0 Å². The van der Waals surface area contributed by atoms with Crippen LogP contribution in [0.25, 0.3) is 0 Å². The molecule has 3 aliphatic rings. The van der Waals surface area contributed by atoms with Crippen molar-refractivity contribution in [3.05, 3.63) is 46.6 Å². The fourth-order valence-corrected chi connectivity index (χ4v) is 5.96. The van der Waals surface area contributed by atoms with Gasteiger partial charge in [0.2, 0.25) is 11.8 Å². The van der Waals surface area contributed by atoms with E-state index in [9.17, 15) is 9.59 Å². The highest BCUT2D eigenvalue weighted by Gasteiger charge is 2.50. The zero-order valence-electron chi connectivity index (χ0n) is 21.6. The lowest BCUT2D eigenvalue weighted by Crippen LogP contribution is -2.48. The fraction of sp³-hybridized carbons (Fsp3) is 0.536. The number of piperidine rings is 1. The summed E-state index contributed by atoms with van der Waals surface area (Å²) in [4.78, 5) is 36.3. The van der Waals surface area contributed by atoms with E-state index in [-0.39, 0.29) is 17.2 Å². The lowest BCUT2D eigenvalue weighted by molar-refractivity contribution is -0.124. The number of likely N-dealkylation sites (tertiary alicyclic amines) is 1. The minimum absolute atomic E-state index is 0.00100. The van der Waals surface area contributed by atoms with E-state index >= 15 is 0 Å². The van der Waals surface area contributed by atoms with Gasteiger partial charge in [0, 0.05) is 37.3 Å². The third-order valence-corrected chi connectivity index (χ3v) is 7.89. The molecule has 0 N–H and O–H groups in total. The van der Waals surface area contributed by atoms with E-state index in [1.165, 1.54) is 0 Å². The maximum atomic E-state index is 13.2. The van der Waals surface area contributed by atoms with Crippen LogP contribution >= 0.6 is 11.6 Å². The summed E-state index contributed by atoms with van der Waals surface area (Å²) in [6.45, 7) is 10.0. The van der Waals surface area contributed by atoms with Crippen LogP contribution in [-0.4, -0.2) is 61.5 Å². The number of rotatable bonds is 5. The molecule has 7 nitrogen and oxygen atoms in total. The molecule has 2 aromatic rings. The average molecular weight is 511 g/mol. The third-order valence-electron chi connectivity index (χ3n) is 7.65. The van der Waals surface area contributed by atoms with Gasteiger partial charge < -0.3 is 9.64 Å². The number of ether oxygens (including phenoxy) is 1. The largest absolute Gasteiger partial charge is 0.491 e. The highest BCUT2D eigenvalue weighted by molar-refractivity contribution is 6.31. The van der Waals surface area contributed by atoms with E-state index in [0.717, 1.165) is 60.9 Å². The molecule has 192 valence electrons. The molecule has 3 aliphatic heterocycles. The van der Waals surface area contributed by atoms with Gasteiger partial charge in [-0.3, -0.25) is 19.4 Å². The fourth-order valence-electron chi connectivity index (χ4n) is 5.78. The molecule has 1 fully saturated rings.